The van der Waals surface area contributed by atoms with Gasteiger partial charge in [-0.05, 0) is 18.6 Å². The van der Waals surface area contributed by atoms with E-state index < -0.39 is 7.59 Å². The minimum atomic E-state index is -1.90. The minimum Gasteiger partial charge on any atom is -0.209 e. The van der Waals surface area contributed by atoms with E-state index in [0.29, 0.717) is 4.91 Å². The van der Waals surface area contributed by atoms with E-state index in [1.165, 1.54) is 0 Å². The summed E-state index contributed by atoms with van der Waals surface area (Å²) in [6.45, 7) is 1.99. The molecule has 128 valence electrons. The zero-order chi connectivity index (χ0) is 18.1. The van der Waals surface area contributed by atoms with Crippen LogP contribution in [0, 0.1) is 6.92 Å². The number of benzene rings is 1. The van der Waals surface area contributed by atoms with Crippen LogP contribution in [0.3, 0.4) is 0 Å². The van der Waals surface area contributed by atoms with Gasteiger partial charge in [-0.1, -0.05) is 99.4 Å². The van der Waals surface area contributed by atoms with Gasteiger partial charge in [-0.15, -0.1) is 12.6 Å². The number of aryl methyl sites for hydroxylation is 1. The van der Waals surface area contributed by atoms with Crippen LogP contribution in [0.5, 0.6) is 0 Å². The molecule has 0 aliphatic rings. The predicted octanol–water partition coefficient (Wildman–Crippen LogP) is 6.26. The zero-order valence-electron chi connectivity index (χ0n) is 11.9. The lowest BCUT2D eigenvalue weighted by Gasteiger charge is -2.15. The second-order valence-electron chi connectivity index (χ2n) is 4.74. The van der Waals surface area contributed by atoms with Crippen molar-refractivity contribution in [2.24, 2.45) is 0 Å². The molecule has 0 spiro atoms. The van der Waals surface area contributed by atoms with Crippen molar-refractivity contribution >= 4 is 93.2 Å². The predicted molar refractivity (Wildman–Crippen MR) is 106 cm³/mol. The Morgan fingerprint density at radius 1 is 0.875 bits per heavy atom. The van der Waals surface area contributed by atoms with Gasteiger partial charge < -0.3 is 0 Å². The number of halogens is 6. The van der Waals surface area contributed by atoms with E-state index in [2.05, 4.69) is 27.6 Å². The monoisotopic (exact) mass is 461 g/mol. The van der Waals surface area contributed by atoms with Crippen molar-refractivity contribution in [1.29, 1.82) is 0 Å². The van der Waals surface area contributed by atoms with E-state index in [4.69, 9.17) is 69.6 Å². The molecule has 0 fully saturated rings. The fourth-order valence-corrected chi connectivity index (χ4v) is 2.39. The van der Waals surface area contributed by atoms with Crippen molar-refractivity contribution in [3.63, 3.8) is 0 Å². The molecule has 0 unspecified atom stereocenters. The Hall–Kier alpha value is 0.0600. The number of alkyl halides is 6. The van der Waals surface area contributed by atoms with Crippen molar-refractivity contribution < 1.29 is 0 Å². The third-order valence-electron chi connectivity index (χ3n) is 2.75. The van der Waals surface area contributed by atoms with Gasteiger partial charge in [-0.25, -0.2) is 15.0 Å². The van der Waals surface area contributed by atoms with E-state index in [1.807, 2.05) is 31.2 Å². The molecule has 0 saturated carbocycles. The zero-order valence-corrected chi connectivity index (χ0v) is 17.4. The van der Waals surface area contributed by atoms with Gasteiger partial charge in [0.2, 0.25) is 7.59 Å². The molecular formula is C14H9Cl6N3S. The van der Waals surface area contributed by atoms with Crippen LogP contribution >= 0.6 is 82.2 Å². The van der Waals surface area contributed by atoms with Gasteiger partial charge in [0, 0.05) is 4.91 Å². The number of hydrogen-bond acceptors (Lipinski definition) is 4. The first-order valence-electron chi connectivity index (χ1n) is 6.35. The van der Waals surface area contributed by atoms with Crippen LogP contribution in [-0.2, 0) is 7.59 Å². The highest BCUT2D eigenvalue weighted by Crippen LogP contribution is 2.40. The van der Waals surface area contributed by atoms with Crippen LogP contribution in [0.25, 0.3) is 11.0 Å². The molecule has 1 aromatic heterocycles. The molecule has 0 amide bonds. The van der Waals surface area contributed by atoms with Crippen LogP contribution in [0.1, 0.15) is 28.6 Å². The largest absolute Gasteiger partial charge is 0.250 e. The van der Waals surface area contributed by atoms with Crippen molar-refractivity contribution in [2.75, 3.05) is 0 Å². The van der Waals surface area contributed by atoms with Crippen molar-refractivity contribution in [3.05, 3.63) is 52.9 Å². The average Bonchev–Trinajstić information content (AvgIpc) is 2.47. The average molecular weight is 464 g/mol. The summed E-state index contributed by atoms with van der Waals surface area (Å²) in [7, 11) is 0. The van der Waals surface area contributed by atoms with Crippen LogP contribution in [-0.4, -0.2) is 15.0 Å². The maximum Gasteiger partial charge on any atom is 0.250 e. The van der Waals surface area contributed by atoms with Gasteiger partial charge in [0.25, 0.3) is 0 Å². The molecule has 2 rings (SSSR count). The minimum absolute atomic E-state index is 0.122. The molecule has 0 atom stereocenters. The number of hydrogen-bond donors (Lipinski definition) is 1. The molecule has 0 aliphatic carbocycles. The lowest BCUT2D eigenvalue weighted by Crippen LogP contribution is -2.17. The summed E-state index contributed by atoms with van der Waals surface area (Å²) < 4.78 is -3.81. The molecule has 1 aromatic carbocycles. The first-order chi connectivity index (χ1) is 11.0. The van der Waals surface area contributed by atoms with Gasteiger partial charge in [0.05, 0.1) is 0 Å². The van der Waals surface area contributed by atoms with Crippen molar-refractivity contribution in [3.8, 4) is 0 Å². The quantitative estimate of drug-likeness (QED) is 0.422. The van der Waals surface area contributed by atoms with Gasteiger partial charge in [-0.2, -0.15) is 0 Å². The van der Waals surface area contributed by atoms with E-state index in [1.54, 1.807) is 6.08 Å². The summed E-state index contributed by atoms with van der Waals surface area (Å²) in [5, 5.41) is 0. The molecule has 3 nitrogen and oxygen atoms in total. The first-order valence-corrected chi connectivity index (χ1v) is 9.06. The Morgan fingerprint density at radius 2 is 1.33 bits per heavy atom. The Bertz CT molecular complexity index is 733. The van der Waals surface area contributed by atoms with Gasteiger partial charge in [-0.3, -0.25) is 0 Å². The van der Waals surface area contributed by atoms with Gasteiger partial charge in [0.15, 0.2) is 17.5 Å². The van der Waals surface area contributed by atoms with Gasteiger partial charge >= 0.3 is 0 Å². The lowest BCUT2D eigenvalue weighted by molar-refractivity contribution is 0.834. The Morgan fingerprint density at radius 3 is 1.75 bits per heavy atom. The molecule has 1 heterocycles. The first kappa shape index (κ1) is 20.4. The summed E-state index contributed by atoms with van der Waals surface area (Å²) >= 11 is 39.4. The molecule has 2 aromatic rings. The molecule has 24 heavy (non-hydrogen) atoms. The number of aromatic nitrogens is 3. The molecule has 0 N–H and O–H groups in total. The molecule has 0 aliphatic heterocycles. The van der Waals surface area contributed by atoms with Gasteiger partial charge in [0.1, 0.15) is 0 Å². The Labute approximate surface area is 174 Å². The number of nitrogens with zero attached hydrogens (tertiary/aromatic N) is 3. The summed E-state index contributed by atoms with van der Waals surface area (Å²) in [4.78, 5) is 12.5. The van der Waals surface area contributed by atoms with E-state index >= 15 is 0 Å². The molecule has 10 heteroatoms. The maximum absolute atomic E-state index is 5.84. The summed E-state index contributed by atoms with van der Waals surface area (Å²) in [5.41, 5.74) is 2.02. The summed E-state index contributed by atoms with van der Waals surface area (Å²) in [6.07, 6.45) is 1.74. The second-order valence-corrected chi connectivity index (χ2v) is 9.79. The third kappa shape index (κ3) is 5.53. The lowest BCUT2D eigenvalue weighted by atomic mass is 10.1. The fraction of sp³-hybridized carbons (Fsp3) is 0.214. The highest BCUT2D eigenvalue weighted by atomic mass is 35.6. The highest BCUT2D eigenvalue weighted by molar-refractivity contribution is 7.90. The van der Waals surface area contributed by atoms with Crippen LogP contribution in [0.4, 0.5) is 0 Å². The third-order valence-corrected chi connectivity index (χ3v) is 4.10. The highest BCUT2D eigenvalue weighted by Gasteiger charge is 2.34. The van der Waals surface area contributed by atoms with Crippen LogP contribution in [0.15, 0.2) is 24.3 Å². The number of rotatable bonds is 2. The van der Waals surface area contributed by atoms with E-state index in [0.717, 1.165) is 11.1 Å². The SMILES string of the molecule is Cc1ccc(C=C(S)c2nc(C(Cl)(Cl)Cl)nc(C(Cl)(Cl)Cl)n2)cc1. The van der Waals surface area contributed by atoms with Crippen molar-refractivity contribution in [1.82, 2.24) is 15.0 Å². The van der Waals surface area contributed by atoms with E-state index in [9.17, 15) is 0 Å². The second kappa shape index (κ2) is 7.75. The smallest absolute Gasteiger partial charge is 0.209 e. The standard InChI is InChI=1S/C14H9Cl6N3S/c1-7-2-4-8(5-3-7)6-9(24)10-21-11(13(15,16)17)23-12(22-10)14(18,19)20/h2-6,24H,1H3. The Balaban J connectivity index is 2.54. The number of thiol groups is 1. The van der Waals surface area contributed by atoms with E-state index in [-0.39, 0.29) is 17.5 Å². The summed E-state index contributed by atoms with van der Waals surface area (Å²) in [6, 6.07) is 7.75. The normalized spacial score (nSPS) is 13.2. The maximum atomic E-state index is 5.84. The fourth-order valence-electron chi connectivity index (χ4n) is 1.63. The molecular weight excluding hydrogens is 455 g/mol. The molecule has 0 saturated heterocycles. The Kier molecular flexibility index (Phi) is 6.58. The van der Waals surface area contributed by atoms with Crippen LogP contribution < -0.4 is 0 Å². The molecule has 0 bridgehead atoms. The van der Waals surface area contributed by atoms with Crippen LogP contribution in [0.2, 0.25) is 0 Å². The molecule has 0 radical (unpaired) electrons. The topological polar surface area (TPSA) is 38.7 Å². The van der Waals surface area contributed by atoms with Crippen molar-refractivity contribution in [2.45, 2.75) is 14.5 Å². The summed E-state index contributed by atoms with van der Waals surface area (Å²) in [5.74, 6) is -0.207.